The van der Waals surface area contributed by atoms with Crippen molar-refractivity contribution in [1.29, 1.82) is 0 Å². The fourth-order valence-corrected chi connectivity index (χ4v) is 2.53. The van der Waals surface area contributed by atoms with E-state index in [0.717, 1.165) is 5.56 Å². The minimum atomic E-state index is -0.506. The van der Waals surface area contributed by atoms with E-state index in [2.05, 4.69) is 0 Å². The Kier molecular flexibility index (Phi) is 3.20. The van der Waals surface area contributed by atoms with E-state index in [9.17, 15) is 4.79 Å². The Morgan fingerprint density at radius 1 is 1.15 bits per heavy atom. The molecule has 0 saturated carbocycles. The minimum Gasteiger partial charge on any atom is -0.409 e. The number of aromatic nitrogens is 1. The summed E-state index contributed by atoms with van der Waals surface area (Å²) in [6.07, 6.45) is 0. The molecular formula is C15H10ClNO2S. The van der Waals surface area contributed by atoms with E-state index in [1.165, 1.54) is 4.57 Å². The smallest absolute Gasteiger partial charge is 0.409 e. The van der Waals surface area contributed by atoms with Gasteiger partial charge in [0.1, 0.15) is 10.2 Å². The Morgan fingerprint density at radius 2 is 1.85 bits per heavy atom. The van der Waals surface area contributed by atoms with Crippen LogP contribution in [0.5, 0.6) is 0 Å². The van der Waals surface area contributed by atoms with Gasteiger partial charge in [-0.1, -0.05) is 41.5 Å². The quantitative estimate of drug-likeness (QED) is 0.630. The van der Waals surface area contributed by atoms with Crippen molar-refractivity contribution >= 4 is 34.8 Å². The Morgan fingerprint density at radius 3 is 2.55 bits per heavy atom. The number of hydrogen-bond acceptors (Lipinski definition) is 3. The molecule has 0 saturated heterocycles. The molecule has 5 heteroatoms. The van der Waals surface area contributed by atoms with E-state index >= 15 is 0 Å². The molecule has 3 aromatic rings. The monoisotopic (exact) mass is 303 g/mol. The van der Waals surface area contributed by atoms with Crippen molar-refractivity contribution in [3.8, 4) is 5.69 Å². The van der Waals surface area contributed by atoms with Gasteiger partial charge in [-0.15, -0.1) is 0 Å². The van der Waals surface area contributed by atoms with Gasteiger partial charge in [0.05, 0.1) is 11.1 Å². The lowest BCUT2D eigenvalue weighted by Gasteiger charge is -2.07. The molecule has 0 aliphatic heterocycles. The zero-order valence-corrected chi connectivity index (χ0v) is 12.2. The summed E-state index contributed by atoms with van der Waals surface area (Å²) in [5.41, 5.74) is 2.22. The number of fused-ring (bicyclic) bond motifs is 1. The summed E-state index contributed by atoms with van der Waals surface area (Å²) >= 11 is 11.4. The number of hydrogen-bond donors (Lipinski definition) is 0. The van der Waals surface area contributed by atoms with Gasteiger partial charge in [-0.25, -0.2) is 9.36 Å². The number of aryl methyl sites for hydroxylation is 1. The maximum atomic E-state index is 12.1. The number of benzene rings is 2. The van der Waals surface area contributed by atoms with Gasteiger partial charge in [-0.3, -0.25) is 0 Å². The highest BCUT2D eigenvalue weighted by Crippen LogP contribution is 2.20. The van der Waals surface area contributed by atoms with Gasteiger partial charge in [0.25, 0.3) is 0 Å². The molecule has 1 aromatic heterocycles. The molecule has 2 aromatic carbocycles. The van der Waals surface area contributed by atoms with Crippen LogP contribution in [0, 0.1) is 11.6 Å². The van der Waals surface area contributed by atoms with E-state index < -0.39 is 5.76 Å². The Balaban J connectivity index is 2.39. The third-order valence-electron chi connectivity index (χ3n) is 3.05. The lowest BCUT2D eigenvalue weighted by molar-refractivity contribution is 0.507. The first-order chi connectivity index (χ1) is 9.56. The summed E-state index contributed by atoms with van der Waals surface area (Å²) in [6.45, 7) is 1.98. The van der Waals surface area contributed by atoms with Crippen molar-refractivity contribution in [2.24, 2.45) is 0 Å². The zero-order chi connectivity index (χ0) is 14.3. The van der Waals surface area contributed by atoms with Gasteiger partial charge in [0.15, 0.2) is 0 Å². The van der Waals surface area contributed by atoms with Crippen molar-refractivity contribution in [2.45, 2.75) is 6.92 Å². The highest BCUT2D eigenvalue weighted by Gasteiger charge is 2.09. The van der Waals surface area contributed by atoms with Crippen LogP contribution in [0.1, 0.15) is 5.56 Å². The first-order valence-electron chi connectivity index (χ1n) is 5.99. The second-order valence-electron chi connectivity index (χ2n) is 4.48. The van der Waals surface area contributed by atoms with Gasteiger partial charge in [-0.2, -0.15) is 0 Å². The summed E-state index contributed by atoms with van der Waals surface area (Å²) in [6, 6.07) is 12.5. The molecule has 3 rings (SSSR count). The molecular weight excluding hydrogens is 294 g/mol. The van der Waals surface area contributed by atoms with Crippen LogP contribution in [0.25, 0.3) is 16.7 Å². The second kappa shape index (κ2) is 4.89. The van der Waals surface area contributed by atoms with E-state index in [1.807, 2.05) is 31.2 Å². The SMILES string of the molecule is Cc1ccc(-n2c(=O)oc3ccc(Cl)cc3c2=S)cc1. The van der Waals surface area contributed by atoms with Crippen LogP contribution >= 0.6 is 23.8 Å². The summed E-state index contributed by atoms with van der Waals surface area (Å²) < 4.78 is 7.06. The Bertz CT molecular complexity index is 910. The van der Waals surface area contributed by atoms with Gasteiger partial charge in [0, 0.05) is 5.02 Å². The van der Waals surface area contributed by atoms with Crippen molar-refractivity contribution in [3.05, 3.63) is 68.2 Å². The van der Waals surface area contributed by atoms with Crippen molar-refractivity contribution in [2.75, 3.05) is 0 Å². The molecule has 0 amide bonds. The molecule has 20 heavy (non-hydrogen) atoms. The molecule has 0 spiro atoms. The highest BCUT2D eigenvalue weighted by molar-refractivity contribution is 7.71. The molecule has 0 N–H and O–H groups in total. The van der Waals surface area contributed by atoms with Crippen LogP contribution in [-0.4, -0.2) is 4.57 Å². The maximum Gasteiger partial charge on any atom is 0.425 e. The molecule has 1 heterocycles. The van der Waals surface area contributed by atoms with E-state index in [0.29, 0.717) is 26.3 Å². The molecule has 0 unspecified atom stereocenters. The maximum absolute atomic E-state index is 12.1. The van der Waals surface area contributed by atoms with Crippen LogP contribution in [0.2, 0.25) is 5.02 Å². The predicted molar refractivity (Wildman–Crippen MR) is 82.4 cm³/mol. The zero-order valence-electron chi connectivity index (χ0n) is 10.6. The molecule has 100 valence electrons. The average Bonchev–Trinajstić information content (AvgIpc) is 2.42. The van der Waals surface area contributed by atoms with Crippen LogP contribution in [0.3, 0.4) is 0 Å². The summed E-state index contributed by atoms with van der Waals surface area (Å²) in [4.78, 5) is 12.1. The topological polar surface area (TPSA) is 35.1 Å². The molecule has 0 atom stereocenters. The molecule has 0 aliphatic carbocycles. The van der Waals surface area contributed by atoms with Gasteiger partial charge in [0.2, 0.25) is 0 Å². The summed E-state index contributed by atoms with van der Waals surface area (Å²) in [7, 11) is 0. The molecule has 0 fully saturated rings. The van der Waals surface area contributed by atoms with Gasteiger partial charge < -0.3 is 4.42 Å². The fourth-order valence-electron chi connectivity index (χ4n) is 2.02. The number of nitrogens with zero attached hydrogens (tertiary/aromatic N) is 1. The summed E-state index contributed by atoms with van der Waals surface area (Å²) in [5.74, 6) is -0.506. The fraction of sp³-hybridized carbons (Fsp3) is 0.0667. The van der Waals surface area contributed by atoms with Crippen LogP contribution in [-0.2, 0) is 0 Å². The van der Waals surface area contributed by atoms with Crippen molar-refractivity contribution in [1.82, 2.24) is 4.57 Å². The van der Waals surface area contributed by atoms with Gasteiger partial charge in [-0.05, 0) is 37.3 Å². The van der Waals surface area contributed by atoms with Gasteiger partial charge >= 0.3 is 5.76 Å². The van der Waals surface area contributed by atoms with Crippen molar-refractivity contribution in [3.63, 3.8) is 0 Å². The standard InChI is InChI=1S/C15H10ClNO2S/c1-9-2-5-11(6-3-9)17-14(20)12-8-10(16)4-7-13(12)19-15(17)18/h2-8H,1H3. The lowest BCUT2D eigenvalue weighted by atomic mass is 10.2. The predicted octanol–water partition coefficient (Wildman–Crippen LogP) is 4.28. The second-order valence-corrected chi connectivity index (χ2v) is 5.31. The normalized spacial score (nSPS) is 10.9. The summed E-state index contributed by atoms with van der Waals surface area (Å²) in [5, 5.41) is 1.19. The highest BCUT2D eigenvalue weighted by atomic mass is 35.5. The van der Waals surface area contributed by atoms with Crippen LogP contribution < -0.4 is 5.76 Å². The van der Waals surface area contributed by atoms with E-state index in [1.54, 1.807) is 18.2 Å². The van der Waals surface area contributed by atoms with Crippen LogP contribution in [0.15, 0.2) is 51.7 Å². The Hall–Kier alpha value is -1.91. The first kappa shape index (κ1) is 13.1. The largest absolute Gasteiger partial charge is 0.425 e. The third-order valence-corrected chi connectivity index (χ3v) is 3.68. The minimum absolute atomic E-state index is 0.391. The average molecular weight is 304 g/mol. The molecule has 0 radical (unpaired) electrons. The van der Waals surface area contributed by atoms with Crippen LogP contribution in [0.4, 0.5) is 0 Å². The molecule has 0 bridgehead atoms. The van der Waals surface area contributed by atoms with E-state index in [-0.39, 0.29) is 0 Å². The lowest BCUT2D eigenvalue weighted by Crippen LogP contribution is -2.17. The molecule has 0 aliphatic rings. The molecule has 3 nitrogen and oxygen atoms in total. The third kappa shape index (κ3) is 2.17. The Labute approximate surface area is 125 Å². The number of halogens is 1. The van der Waals surface area contributed by atoms with Crippen molar-refractivity contribution < 1.29 is 4.42 Å². The van der Waals surface area contributed by atoms with E-state index in [4.69, 9.17) is 28.2 Å². The number of rotatable bonds is 1. The first-order valence-corrected chi connectivity index (χ1v) is 6.77.